The molecular weight excluding hydrogens is 200 g/mol. The lowest BCUT2D eigenvalue weighted by molar-refractivity contribution is -0.0281. The summed E-state index contributed by atoms with van der Waals surface area (Å²) in [5.74, 6) is 0. The van der Waals surface area contributed by atoms with E-state index < -0.39 is 0 Å². The number of ether oxygens (including phenoxy) is 1. The van der Waals surface area contributed by atoms with Crippen molar-refractivity contribution in [3.8, 4) is 0 Å². The van der Waals surface area contributed by atoms with E-state index in [1.165, 1.54) is 5.56 Å². The van der Waals surface area contributed by atoms with E-state index in [-0.39, 0.29) is 11.6 Å². The molecule has 3 heteroatoms. The van der Waals surface area contributed by atoms with Gasteiger partial charge in [0.1, 0.15) is 0 Å². The maximum absolute atomic E-state index is 5.63. The fourth-order valence-corrected chi connectivity index (χ4v) is 1.94. The number of methoxy groups -OCH3 is 1. The Bertz CT molecular complexity index is 317. The topological polar surface area (TPSA) is 34.1 Å². The number of likely N-dealkylation sites (N-methyl/N-ethyl adjacent to an activating group) is 1. The molecule has 0 fully saturated rings. The first-order chi connectivity index (χ1) is 7.57. The Hall–Kier alpha value is -0.930. The average molecular weight is 222 g/mol. The Morgan fingerprint density at radius 1 is 1.50 bits per heavy atom. The van der Waals surface area contributed by atoms with E-state index in [0.29, 0.717) is 0 Å². The highest BCUT2D eigenvalue weighted by molar-refractivity contribution is 5.20. The smallest absolute Gasteiger partial charge is 0.0842 e. The molecule has 2 atom stereocenters. The fourth-order valence-electron chi connectivity index (χ4n) is 1.94. The highest BCUT2D eigenvalue weighted by Crippen LogP contribution is 2.30. The lowest BCUT2D eigenvalue weighted by Gasteiger charge is -2.35. The second-order valence-electron chi connectivity index (χ2n) is 4.32. The predicted molar refractivity (Wildman–Crippen MR) is 66.5 cm³/mol. The van der Waals surface area contributed by atoms with Gasteiger partial charge in [0.25, 0.3) is 0 Å². The maximum Gasteiger partial charge on any atom is 0.0842 e. The molecule has 3 nitrogen and oxygen atoms in total. The molecule has 0 aliphatic heterocycles. The lowest BCUT2D eigenvalue weighted by Crippen LogP contribution is -2.41. The van der Waals surface area contributed by atoms with Gasteiger partial charge in [0.05, 0.1) is 11.6 Å². The highest BCUT2D eigenvalue weighted by Gasteiger charge is 2.32. The number of hydrogen-bond acceptors (Lipinski definition) is 3. The third-order valence-electron chi connectivity index (χ3n) is 3.34. The molecule has 1 aromatic heterocycles. The van der Waals surface area contributed by atoms with Crippen molar-refractivity contribution in [2.75, 3.05) is 14.2 Å². The zero-order valence-corrected chi connectivity index (χ0v) is 10.9. The third-order valence-corrected chi connectivity index (χ3v) is 3.34. The number of aromatic nitrogens is 1. The standard InChI is InChI=1S/C13H22N2O/c1-6-13(3,16-5)12(14-4)11-8-7-10(2)15-9-11/h7-9,12,14H,6H2,1-5H3. The van der Waals surface area contributed by atoms with Gasteiger partial charge in [0.2, 0.25) is 0 Å². The van der Waals surface area contributed by atoms with Crippen LogP contribution < -0.4 is 5.32 Å². The zero-order chi connectivity index (χ0) is 12.2. The molecule has 0 bridgehead atoms. The van der Waals surface area contributed by atoms with Gasteiger partial charge in [-0.2, -0.15) is 0 Å². The number of aryl methyl sites for hydroxylation is 1. The number of nitrogens with zero attached hydrogens (tertiary/aromatic N) is 1. The first kappa shape index (κ1) is 13.1. The molecule has 0 aliphatic carbocycles. The molecule has 2 unspecified atom stereocenters. The minimum absolute atomic E-state index is 0.163. The summed E-state index contributed by atoms with van der Waals surface area (Å²) >= 11 is 0. The maximum atomic E-state index is 5.63. The molecule has 0 aromatic carbocycles. The fraction of sp³-hybridized carbons (Fsp3) is 0.615. The van der Waals surface area contributed by atoms with Crippen molar-refractivity contribution in [2.45, 2.75) is 38.8 Å². The van der Waals surface area contributed by atoms with E-state index in [1.807, 2.05) is 26.2 Å². The van der Waals surface area contributed by atoms with Gasteiger partial charge in [0.15, 0.2) is 0 Å². The van der Waals surface area contributed by atoms with Gasteiger partial charge < -0.3 is 10.1 Å². The van der Waals surface area contributed by atoms with Crippen LogP contribution in [0.4, 0.5) is 0 Å². The summed E-state index contributed by atoms with van der Waals surface area (Å²) in [6.07, 6.45) is 2.87. The summed E-state index contributed by atoms with van der Waals surface area (Å²) in [4.78, 5) is 4.33. The molecule has 0 saturated heterocycles. The Morgan fingerprint density at radius 3 is 2.56 bits per heavy atom. The predicted octanol–water partition coefficient (Wildman–Crippen LogP) is 2.47. The summed E-state index contributed by atoms with van der Waals surface area (Å²) in [5.41, 5.74) is 2.00. The molecular formula is C13H22N2O. The summed E-state index contributed by atoms with van der Waals surface area (Å²) < 4.78 is 5.63. The largest absolute Gasteiger partial charge is 0.377 e. The Labute approximate surface area is 98.2 Å². The number of nitrogens with one attached hydrogen (secondary N) is 1. The zero-order valence-electron chi connectivity index (χ0n) is 10.9. The van der Waals surface area contributed by atoms with Crippen molar-refractivity contribution in [3.63, 3.8) is 0 Å². The number of hydrogen-bond donors (Lipinski definition) is 1. The SMILES string of the molecule is CCC(C)(OC)C(NC)c1ccc(C)nc1. The van der Waals surface area contributed by atoms with E-state index in [4.69, 9.17) is 4.74 Å². The van der Waals surface area contributed by atoms with E-state index >= 15 is 0 Å². The van der Waals surface area contributed by atoms with E-state index in [0.717, 1.165) is 12.1 Å². The van der Waals surface area contributed by atoms with Gasteiger partial charge in [-0.3, -0.25) is 4.98 Å². The van der Waals surface area contributed by atoms with Gasteiger partial charge in [-0.15, -0.1) is 0 Å². The van der Waals surface area contributed by atoms with Crippen LogP contribution >= 0.6 is 0 Å². The van der Waals surface area contributed by atoms with Crippen molar-refractivity contribution in [1.29, 1.82) is 0 Å². The molecule has 1 heterocycles. The van der Waals surface area contributed by atoms with Gasteiger partial charge >= 0.3 is 0 Å². The van der Waals surface area contributed by atoms with Crippen LogP contribution in [0.2, 0.25) is 0 Å². The van der Waals surface area contributed by atoms with Crippen molar-refractivity contribution in [2.24, 2.45) is 0 Å². The molecule has 1 aromatic rings. The number of pyridine rings is 1. The minimum Gasteiger partial charge on any atom is -0.377 e. The van der Waals surface area contributed by atoms with Crippen LogP contribution in [0, 0.1) is 6.92 Å². The quantitative estimate of drug-likeness (QED) is 0.831. The molecule has 1 N–H and O–H groups in total. The molecule has 16 heavy (non-hydrogen) atoms. The van der Waals surface area contributed by atoms with Gasteiger partial charge in [-0.05, 0) is 38.9 Å². The first-order valence-corrected chi connectivity index (χ1v) is 5.72. The Kier molecular flexibility index (Phi) is 4.44. The van der Waals surface area contributed by atoms with E-state index in [1.54, 1.807) is 7.11 Å². The summed E-state index contributed by atoms with van der Waals surface area (Å²) in [6.45, 7) is 6.25. The summed E-state index contributed by atoms with van der Waals surface area (Å²) in [7, 11) is 3.72. The van der Waals surface area contributed by atoms with Crippen LogP contribution in [0.5, 0.6) is 0 Å². The highest BCUT2D eigenvalue weighted by atomic mass is 16.5. The molecule has 0 saturated carbocycles. The molecule has 0 amide bonds. The first-order valence-electron chi connectivity index (χ1n) is 5.72. The Balaban J connectivity index is 3.02. The normalized spacial score (nSPS) is 16.8. The van der Waals surface area contributed by atoms with Gasteiger partial charge in [0, 0.05) is 19.0 Å². The van der Waals surface area contributed by atoms with Gasteiger partial charge in [-0.1, -0.05) is 13.0 Å². The molecule has 90 valence electrons. The Morgan fingerprint density at radius 2 is 2.19 bits per heavy atom. The van der Waals surface area contributed by atoms with Crippen molar-refractivity contribution >= 4 is 0 Å². The second kappa shape index (κ2) is 5.41. The van der Waals surface area contributed by atoms with Crippen LogP contribution in [0.3, 0.4) is 0 Å². The van der Waals surface area contributed by atoms with Gasteiger partial charge in [-0.25, -0.2) is 0 Å². The molecule has 1 rings (SSSR count). The lowest BCUT2D eigenvalue weighted by atomic mass is 9.88. The van der Waals surface area contributed by atoms with Crippen LogP contribution in [-0.4, -0.2) is 24.7 Å². The average Bonchev–Trinajstić information content (AvgIpc) is 2.32. The van der Waals surface area contributed by atoms with Crippen LogP contribution in [0.1, 0.15) is 37.6 Å². The molecule has 0 aliphatic rings. The van der Waals surface area contributed by atoms with Crippen molar-refractivity contribution in [3.05, 3.63) is 29.6 Å². The van der Waals surface area contributed by atoms with E-state index in [2.05, 4.69) is 30.2 Å². The van der Waals surface area contributed by atoms with E-state index in [9.17, 15) is 0 Å². The number of rotatable bonds is 5. The van der Waals surface area contributed by atoms with Crippen LogP contribution in [0.15, 0.2) is 18.3 Å². The summed E-state index contributed by atoms with van der Waals surface area (Å²) in [5, 5.41) is 3.32. The van der Waals surface area contributed by atoms with Crippen molar-refractivity contribution in [1.82, 2.24) is 10.3 Å². The molecule has 0 radical (unpaired) electrons. The minimum atomic E-state index is -0.203. The monoisotopic (exact) mass is 222 g/mol. The molecule has 0 spiro atoms. The van der Waals surface area contributed by atoms with Crippen molar-refractivity contribution < 1.29 is 4.74 Å². The van der Waals surface area contributed by atoms with Crippen LogP contribution in [-0.2, 0) is 4.74 Å². The third kappa shape index (κ3) is 2.60. The summed E-state index contributed by atoms with van der Waals surface area (Å²) in [6, 6.07) is 4.30. The van der Waals surface area contributed by atoms with Crippen LogP contribution in [0.25, 0.3) is 0 Å². The second-order valence-corrected chi connectivity index (χ2v) is 4.32.